The number of rotatable bonds is 3. The molecule has 0 radical (unpaired) electrons. The van der Waals surface area contributed by atoms with E-state index in [9.17, 15) is 0 Å². The summed E-state index contributed by atoms with van der Waals surface area (Å²) in [4.78, 5) is 8.50. The highest BCUT2D eigenvalue weighted by Gasteiger charge is 2.11. The summed E-state index contributed by atoms with van der Waals surface area (Å²) in [6.07, 6.45) is 1.71. The van der Waals surface area contributed by atoms with Gasteiger partial charge in [0, 0.05) is 16.9 Å². The molecule has 0 N–H and O–H groups in total. The lowest BCUT2D eigenvalue weighted by Gasteiger charge is -2.03. The summed E-state index contributed by atoms with van der Waals surface area (Å²) in [5.74, 6) is 0. The third-order valence-electron chi connectivity index (χ3n) is 2.47. The zero-order valence-corrected chi connectivity index (χ0v) is 12.0. The molecule has 3 aromatic rings. The Morgan fingerprint density at radius 3 is 2.70 bits per heavy atom. The number of halogens is 1. The summed E-state index contributed by atoms with van der Waals surface area (Å²) < 4.78 is 1.62. The normalized spacial score (nSPS) is 10.7. The van der Waals surface area contributed by atoms with Crippen molar-refractivity contribution in [3.05, 3.63) is 47.2 Å². The van der Waals surface area contributed by atoms with Crippen molar-refractivity contribution in [3.8, 4) is 5.69 Å². The molecule has 0 spiro atoms. The molecule has 0 bridgehead atoms. The first kappa shape index (κ1) is 13.0. The predicted molar refractivity (Wildman–Crippen MR) is 75.1 cm³/mol. The monoisotopic (exact) mass is 304 g/mol. The van der Waals surface area contributed by atoms with Gasteiger partial charge in [0.15, 0.2) is 5.16 Å². The molecule has 2 heterocycles. The van der Waals surface area contributed by atoms with Crippen molar-refractivity contribution in [2.75, 3.05) is 0 Å². The Kier molecular flexibility index (Phi) is 3.62. The van der Waals surface area contributed by atoms with E-state index in [0.717, 1.165) is 11.4 Å². The van der Waals surface area contributed by atoms with Gasteiger partial charge in [-0.25, -0.2) is 9.97 Å². The van der Waals surface area contributed by atoms with Crippen molar-refractivity contribution < 1.29 is 0 Å². The lowest BCUT2D eigenvalue weighted by atomic mass is 10.3. The Morgan fingerprint density at radius 2 is 1.95 bits per heavy atom. The van der Waals surface area contributed by atoms with Crippen LogP contribution in [-0.2, 0) is 0 Å². The maximum Gasteiger partial charge on any atom is 0.221 e. The minimum Gasteiger partial charge on any atom is -0.231 e. The molecular weight excluding hydrogens is 296 g/mol. The number of benzene rings is 1. The van der Waals surface area contributed by atoms with E-state index in [1.165, 1.54) is 11.8 Å². The Morgan fingerprint density at radius 1 is 1.15 bits per heavy atom. The highest BCUT2D eigenvalue weighted by molar-refractivity contribution is 7.99. The average Bonchev–Trinajstić information content (AvgIpc) is 2.88. The third-order valence-corrected chi connectivity index (χ3v) is 3.54. The minimum atomic E-state index is 0.595. The van der Waals surface area contributed by atoms with Crippen LogP contribution in [0, 0.1) is 6.92 Å². The second-order valence-corrected chi connectivity index (χ2v) is 5.30. The first-order valence-corrected chi connectivity index (χ1v) is 6.93. The molecule has 0 aliphatic heterocycles. The highest BCUT2D eigenvalue weighted by atomic mass is 35.5. The molecule has 0 fully saturated rings. The number of hydrogen-bond acceptors (Lipinski definition) is 6. The molecule has 8 heteroatoms. The van der Waals surface area contributed by atoms with Crippen molar-refractivity contribution >= 4 is 23.4 Å². The molecule has 3 rings (SSSR count). The second kappa shape index (κ2) is 5.56. The molecule has 2 aromatic heterocycles. The first-order chi connectivity index (χ1) is 9.72. The molecule has 0 amide bonds. The Bertz CT molecular complexity index is 727. The van der Waals surface area contributed by atoms with Crippen LogP contribution in [0.15, 0.2) is 46.8 Å². The van der Waals surface area contributed by atoms with E-state index < -0.39 is 0 Å². The highest BCUT2D eigenvalue weighted by Crippen LogP contribution is 2.24. The molecule has 0 unspecified atom stereocenters. The van der Waals surface area contributed by atoms with Gasteiger partial charge in [0.1, 0.15) is 0 Å². The number of nitrogens with zero attached hydrogens (tertiary/aromatic N) is 6. The van der Waals surface area contributed by atoms with Crippen molar-refractivity contribution in [1.29, 1.82) is 0 Å². The smallest absolute Gasteiger partial charge is 0.221 e. The van der Waals surface area contributed by atoms with Crippen molar-refractivity contribution in [2.45, 2.75) is 17.2 Å². The van der Waals surface area contributed by atoms with Gasteiger partial charge in [-0.3, -0.25) is 0 Å². The van der Waals surface area contributed by atoms with Gasteiger partial charge >= 0.3 is 0 Å². The lowest BCUT2D eigenvalue weighted by molar-refractivity contribution is 0.754. The van der Waals surface area contributed by atoms with Gasteiger partial charge in [0.2, 0.25) is 5.16 Å². The lowest BCUT2D eigenvalue weighted by Crippen LogP contribution is -1.99. The topological polar surface area (TPSA) is 69.4 Å². The van der Waals surface area contributed by atoms with E-state index >= 15 is 0 Å². The van der Waals surface area contributed by atoms with Crippen LogP contribution >= 0.6 is 23.4 Å². The van der Waals surface area contributed by atoms with Crippen LogP contribution < -0.4 is 0 Å². The standard InChI is InChI=1S/C12H9ClN6S/c1-8-6-7-14-11(15-8)20-12-16-17-18-19(12)10-4-2-9(13)3-5-10/h2-7H,1H3. The number of aromatic nitrogens is 6. The Balaban J connectivity index is 1.92. The predicted octanol–water partition coefficient (Wildman–Crippen LogP) is 2.57. The van der Waals surface area contributed by atoms with E-state index in [1.54, 1.807) is 23.0 Å². The first-order valence-electron chi connectivity index (χ1n) is 5.74. The van der Waals surface area contributed by atoms with Crippen LogP contribution in [-0.4, -0.2) is 30.2 Å². The van der Waals surface area contributed by atoms with Gasteiger partial charge in [-0.05, 0) is 59.4 Å². The summed E-state index contributed by atoms with van der Waals surface area (Å²) in [6, 6.07) is 9.11. The van der Waals surface area contributed by atoms with Gasteiger partial charge in [0.25, 0.3) is 0 Å². The number of aryl methyl sites for hydroxylation is 1. The molecule has 1 aromatic carbocycles. The summed E-state index contributed by atoms with van der Waals surface area (Å²) in [5.41, 5.74) is 1.72. The van der Waals surface area contributed by atoms with Crippen LogP contribution in [0.1, 0.15) is 5.69 Å². The van der Waals surface area contributed by atoms with Gasteiger partial charge in [-0.15, -0.1) is 5.10 Å². The summed E-state index contributed by atoms with van der Waals surface area (Å²) in [7, 11) is 0. The maximum absolute atomic E-state index is 5.87. The molecule has 0 saturated carbocycles. The second-order valence-electron chi connectivity index (χ2n) is 3.93. The molecule has 6 nitrogen and oxygen atoms in total. The molecule has 0 aliphatic rings. The van der Waals surface area contributed by atoms with Crippen molar-refractivity contribution in [3.63, 3.8) is 0 Å². The third kappa shape index (κ3) is 2.78. The van der Waals surface area contributed by atoms with E-state index in [1.807, 2.05) is 25.1 Å². The Labute approximate surface area is 124 Å². The van der Waals surface area contributed by atoms with E-state index in [2.05, 4.69) is 25.5 Å². The van der Waals surface area contributed by atoms with Crippen LogP contribution in [0.25, 0.3) is 5.69 Å². The number of hydrogen-bond donors (Lipinski definition) is 0. The van der Waals surface area contributed by atoms with E-state index in [-0.39, 0.29) is 0 Å². The van der Waals surface area contributed by atoms with Gasteiger partial charge in [-0.2, -0.15) is 4.68 Å². The fourth-order valence-electron chi connectivity index (χ4n) is 1.54. The van der Waals surface area contributed by atoms with Gasteiger partial charge in [0.05, 0.1) is 5.69 Å². The molecule has 100 valence electrons. The summed E-state index contributed by atoms with van der Waals surface area (Å²) >= 11 is 7.18. The minimum absolute atomic E-state index is 0.595. The van der Waals surface area contributed by atoms with Crippen LogP contribution in [0.4, 0.5) is 0 Å². The molecule has 20 heavy (non-hydrogen) atoms. The molecule has 0 saturated heterocycles. The SMILES string of the molecule is Cc1ccnc(Sc2nnnn2-c2ccc(Cl)cc2)n1. The van der Waals surface area contributed by atoms with Crippen molar-refractivity contribution in [2.24, 2.45) is 0 Å². The summed E-state index contributed by atoms with van der Waals surface area (Å²) in [6.45, 7) is 1.91. The fraction of sp³-hybridized carbons (Fsp3) is 0.0833. The maximum atomic E-state index is 5.87. The van der Waals surface area contributed by atoms with Gasteiger partial charge < -0.3 is 0 Å². The zero-order chi connectivity index (χ0) is 13.9. The number of tetrazole rings is 1. The average molecular weight is 305 g/mol. The van der Waals surface area contributed by atoms with Gasteiger partial charge in [-0.1, -0.05) is 11.6 Å². The van der Waals surface area contributed by atoms with Crippen LogP contribution in [0.3, 0.4) is 0 Å². The van der Waals surface area contributed by atoms with E-state index in [0.29, 0.717) is 15.3 Å². The summed E-state index contributed by atoms with van der Waals surface area (Å²) in [5, 5.41) is 13.5. The molecule has 0 atom stereocenters. The largest absolute Gasteiger partial charge is 0.231 e. The van der Waals surface area contributed by atoms with Crippen LogP contribution in [0.2, 0.25) is 5.02 Å². The Hall–Kier alpha value is -1.99. The van der Waals surface area contributed by atoms with Crippen molar-refractivity contribution in [1.82, 2.24) is 30.2 Å². The van der Waals surface area contributed by atoms with E-state index in [4.69, 9.17) is 11.6 Å². The van der Waals surface area contributed by atoms with Crippen LogP contribution in [0.5, 0.6) is 0 Å². The fourth-order valence-corrected chi connectivity index (χ4v) is 2.44. The molecule has 0 aliphatic carbocycles. The molecular formula is C12H9ClN6S. The zero-order valence-electron chi connectivity index (χ0n) is 10.4. The quantitative estimate of drug-likeness (QED) is 0.693.